The minimum atomic E-state index is -1.38. The van der Waals surface area contributed by atoms with Gasteiger partial charge in [0.05, 0.1) is 16.7 Å². The van der Waals surface area contributed by atoms with Crippen LogP contribution >= 0.6 is 11.6 Å². The lowest BCUT2D eigenvalue weighted by Gasteiger charge is -2.41. The van der Waals surface area contributed by atoms with Crippen molar-refractivity contribution in [1.82, 2.24) is 9.05 Å². The van der Waals surface area contributed by atoms with Crippen LogP contribution in [0.2, 0.25) is 5.02 Å². The summed E-state index contributed by atoms with van der Waals surface area (Å²) < 4.78 is 27.9. The van der Waals surface area contributed by atoms with E-state index < -0.39 is 34.7 Å². The van der Waals surface area contributed by atoms with Gasteiger partial charge in [-0.05, 0) is 58.0 Å². The quantitative estimate of drug-likeness (QED) is 0.578. The van der Waals surface area contributed by atoms with E-state index in [0.29, 0.717) is 45.3 Å². The fourth-order valence-electron chi connectivity index (χ4n) is 3.91. The molecule has 1 aliphatic heterocycles. The number of rotatable bonds is 5. The van der Waals surface area contributed by atoms with Crippen LogP contribution in [0, 0.1) is 0 Å². The van der Waals surface area contributed by atoms with Crippen LogP contribution in [0.25, 0.3) is 11.0 Å². The summed E-state index contributed by atoms with van der Waals surface area (Å²) in [5.41, 5.74) is -0.472. The summed E-state index contributed by atoms with van der Waals surface area (Å²) in [5, 5.41) is 11.9. The van der Waals surface area contributed by atoms with Gasteiger partial charge < -0.3 is 18.9 Å². The zero-order valence-corrected chi connectivity index (χ0v) is 19.4. The molecule has 3 aromatic rings. The van der Waals surface area contributed by atoms with Crippen LogP contribution in [0.3, 0.4) is 0 Å². The van der Waals surface area contributed by atoms with Crippen molar-refractivity contribution >= 4 is 33.9 Å². The number of hydrogen-bond acceptors (Lipinski definition) is 6. The van der Waals surface area contributed by atoms with Crippen molar-refractivity contribution in [2.75, 3.05) is 13.1 Å². The molecule has 0 spiro atoms. The molecule has 1 aliphatic rings. The van der Waals surface area contributed by atoms with Gasteiger partial charge in [0.1, 0.15) is 23.5 Å². The van der Waals surface area contributed by atoms with E-state index in [1.54, 1.807) is 50.2 Å². The second-order valence-electron chi connectivity index (χ2n) is 8.02. The molecular formula is C22H25ClN2O5S. The van der Waals surface area contributed by atoms with Crippen molar-refractivity contribution in [3.05, 3.63) is 57.3 Å². The highest BCUT2D eigenvalue weighted by Gasteiger charge is 2.46. The number of aliphatic hydroxyl groups excluding tert-OH is 1. The second-order valence-corrected chi connectivity index (χ2v) is 9.94. The molecule has 31 heavy (non-hydrogen) atoms. The highest BCUT2D eigenvalue weighted by molar-refractivity contribution is 7.89. The van der Waals surface area contributed by atoms with Crippen LogP contribution in [0.4, 0.5) is 0 Å². The molecule has 0 radical (unpaired) electrons. The van der Waals surface area contributed by atoms with Crippen LogP contribution < -0.4 is 10.3 Å². The number of benzene rings is 2. The summed E-state index contributed by atoms with van der Waals surface area (Å²) in [6.07, 6.45) is -1.09. The molecule has 0 saturated heterocycles. The van der Waals surface area contributed by atoms with Gasteiger partial charge in [0.25, 0.3) is 5.56 Å². The fourth-order valence-corrected chi connectivity index (χ4v) is 5.26. The summed E-state index contributed by atoms with van der Waals surface area (Å²) >= 11 is 4.67. The Hall–Kier alpha value is -1.97. The van der Waals surface area contributed by atoms with Crippen LogP contribution in [-0.2, 0) is 11.4 Å². The smallest absolute Gasteiger partial charge is 0.291 e. The van der Waals surface area contributed by atoms with Gasteiger partial charge in [-0.15, -0.1) is 4.31 Å². The Labute approximate surface area is 188 Å². The molecule has 166 valence electrons. The third kappa shape index (κ3) is 3.76. The maximum atomic E-state index is 13.2. The van der Waals surface area contributed by atoms with E-state index in [9.17, 15) is 14.5 Å². The second kappa shape index (κ2) is 8.18. The first-order valence-corrected chi connectivity index (χ1v) is 11.6. The van der Waals surface area contributed by atoms with Crippen molar-refractivity contribution in [3.63, 3.8) is 0 Å². The lowest BCUT2D eigenvalue weighted by molar-refractivity contribution is -0.0765. The maximum absolute atomic E-state index is 13.2. The molecule has 0 aliphatic carbocycles. The van der Waals surface area contributed by atoms with Crippen LogP contribution in [0.1, 0.15) is 39.3 Å². The lowest BCUT2D eigenvalue weighted by atomic mass is 9.86. The van der Waals surface area contributed by atoms with E-state index in [0.717, 1.165) is 0 Å². The first kappa shape index (κ1) is 22.2. The summed E-state index contributed by atoms with van der Waals surface area (Å²) in [5.74, 6) is 0.506. The molecule has 1 N–H and O–H groups in total. The molecule has 2 heterocycles. The van der Waals surface area contributed by atoms with Crippen molar-refractivity contribution in [3.8, 4) is 5.75 Å². The number of halogens is 1. The number of aromatic nitrogens is 1. The van der Waals surface area contributed by atoms with E-state index in [1.165, 1.54) is 4.74 Å². The van der Waals surface area contributed by atoms with E-state index in [-0.39, 0.29) is 0 Å². The third-order valence-corrected chi connectivity index (χ3v) is 7.53. The van der Waals surface area contributed by atoms with Gasteiger partial charge in [-0.3, -0.25) is 4.79 Å². The van der Waals surface area contributed by atoms with Gasteiger partial charge in [-0.25, -0.2) is 0 Å². The number of aliphatic hydroxyl groups is 1. The van der Waals surface area contributed by atoms with Gasteiger partial charge in [0.2, 0.25) is 0 Å². The molecule has 0 fully saturated rings. The largest absolute Gasteiger partial charge is 0.593 e. The van der Waals surface area contributed by atoms with Gasteiger partial charge in [-0.1, -0.05) is 11.6 Å². The van der Waals surface area contributed by atoms with Crippen molar-refractivity contribution in [2.45, 2.75) is 50.3 Å². The first-order valence-electron chi connectivity index (χ1n) is 10.2. The highest BCUT2D eigenvalue weighted by atomic mass is 35.5. The normalized spacial score (nSPS) is 21.2. The number of nitrogens with zero attached hydrogens (tertiary/aromatic N) is 2. The minimum Gasteiger partial charge on any atom is -0.593 e. The molecule has 0 bridgehead atoms. The molecule has 4 rings (SSSR count). The number of ether oxygens (including phenoxy) is 1. The lowest BCUT2D eigenvalue weighted by Crippen LogP contribution is -2.51. The molecule has 0 amide bonds. The van der Waals surface area contributed by atoms with Gasteiger partial charge in [0.15, 0.2) is 10.5 Å². The monoisotopic (exact) mass is 464 g/mol. The molecule has 0 saturated carbocycles. The zero-order valence-electron chi connectivity index (χ0n) is 17.8. The first-order chi connectivity index (χ1) is 14.7. The summed E-state index contributed by atoms with van der Waals surface area (Å²) in [7, 11) is 0. The summed E-state index contributed by atoms with van der Waals surface area (Å²) in [4.78, 5) is 13.7. The SMILES string of the molecule is CCN(CC)[S+]([O-])c1ccc2c(c1)[C@@H](n1oc3ccc(Cl)cc3c1=O)[C@H](O)C(C)(C)O2. The van der Waals surface area contributed by atoms with E-state index in [4.69, 9.17) is 20.9 Å². The van der Waals surface area contributed by atoms with Crippen molar-refractivity contribution < 1.29 is 18.9 Å². The third-order valence-electron chi connectivity index (χ3n) is 5.65. The van der Waals surface area contributed by atoms with Gasteiger partial charge in [0, 0.05) is 29.7 Å². The Morgan fingerprint density at radius 3 is 2.61 bits per heavy atom. The van der Waals surface area contributed by atoms with Crippen LogP contribution in [-0.4, -0.2) is 43.5 Å². The predicted molar refractivity (Wildman–Crippen MR) is 120 cm³/mol. The molecule has 7 nitrogen and oxygen atoms in total. The maximum Gasteiger partial charge on any atom is 0.291 e. The Balaban J connectivity index is 1.90. The van der Waals surface area contributed by atoms with Gasteiger partial charge in [-0.2, -0.15) is 4.74 Å². The van der Waals surface area contributed by atoms with Crippen LogP contribution in [0.15, 0.2) is 50.6 Å². The van der Waals surface area contributed by atoms with Crippen molar-refractivity contribution in [1.29, 1.82) is 0 Å². The van der Waals surface area contributed by atoms with E-state index in [2.05, 4.69) is 0 Å². The predicted octanol–water partition coefficient (Wildman–Crippen LogP) is 3.73. The molecule has 1 unspecified atom stereocenters. The van der Waals surface area contributed by atoms with E-state index >= 15 is 0 Å². The minimum absolute atomic E-state index is 0.327. The number of hydrogen-bond donors (Lipinski definition) is 1. The average molecular weight is 465 g/mol. The summed E-state index contributed by atoms with van der Waals surface area (Å²) in [6, 6.07) is 9.16. The highest BCUT2D eigenvalue weighted by Crippen LogP contribution is 2.43. The fraction of sp³-hybridized carbons (Fsp3) is 0.409. The Morgan fingerprint density at radius 2 is 1.94 bits per heavy atom. The van der Waals surface area contributed by atoms with E-state index in [1.807, 2.05) is 18.2 Å². The topological polar surface area (TPSA) is 90.9 Å². The molecule has 2 aromatic carbocycles. The average Bonchev–Trinajstić information content (AvgIpc) is 3.05. The summed E-state index contributed by atoms with van der Waals surface area (Å²) in [6.45, 7) is 8.63. The zero-order chi connectivity index (χ0) is 22.5. The standard InChI is InChI=1S/C22H25ClN2O5S/c1-5-24(6-2)31(28)14-8-10-17-15(12-14)19(20(26)22(3,4)29-17)25-21(27)16-11-13(23)7-9-18(16)30-25/h7-12,19-20,26H,5-6H2,1-4H3/t19-,20+,31?/m1/s1. The molecule has 3 atom stereocenters. The Kier molecular flexibility index (Phi) is 5.87. The van der Waals surface area contributed by atoms with Crippen molar-refractivity contribution in [2.24, 2.45) is 0 Å². The molecule has 9 heteroatoms. The molecular weight excluding hydrogens is 440 g/mol. The van der Waals surface area contributed by atoms with Gasteiger partial charge >= 0.3 is 0 Å². The Morgan fingerprint density at radius 1 is 1.23 bits per heavy atom. The number of fused-ring (bicyclic) bond motifs is 2. The Bertz CT molecular complexity index is 1170. The molecule has 1 aromatic heterocycles. The van der Waals surface area contributed by atoms with Crippen LogP contribution in [0.5, 0.6) is 5.75 Å².